The van der Waals surface area contributed by atoms with Crippen LogP contribution in [0.4, 0.5) is 0 Å². The molecule has 0 unspecified atom stereocenters. The van der Waals surface area contributed by atoms with E-state index < -0.39 is 0 Å². The first-order chi connectivity index (χ1) is 16.6. The Labute approximate surface area is 208 Å². The molecule has 9 heteroatoms. The first-order valence-corrected chi connectivity index (χ1v) is 12.9. The van der Waals surface area contributed by atoms with Crippen molar-refractivity contribution in [2.45, 2.75) is 24.5 Å². The molecular weight excluding hydrogens is 470 g/mol. The van der Waals surface area contributed by atoms with Gasteiger partial charge in [-0.3, -0.25) is 14.2 Å². The lowest BCUT2D eigenvalue weighted by atomic mass is 10.2. The fourth-order valence-corrected chi connectivity index (χ4v) is 5.19. The van der Waals surface area contributed by atoms with Crippen LogP contribution in [0.15, 0.2) is 59.8 Å². The van der Waals surface area contributed by atoms with Crippen LogP contribution in [0, 0.1) is 5.92 Å². The van der Waals surface area contributed by atoms with Gasteiger partial charge in [0, 0.05) is 37.7 Å². The van der Waals surface area contributed by atoms with Crippen LogP contribution >= 0.6 is 23.4 Å². The van der Waals surface area contributed by atoms with E-state index in [9.17, 15) is 9.59 Å². The van der Waals surface area contributed by atoms with Gasteiger partial charge >= 0.3 is 0 Å². The average Bonchev–Trinajstić information content (AvgIpc) is 3.65. The van der Waals surface area contributed by atoms with Crippen LogP contribution in [0.2, 0.25) is 5.02 Å². The van der Waals surface area contributed by atoms with Gasteiger partial charge < -0.3 is 9.80 Å². The van der Waals surface area contributed by atoms with Crippen molar-refractivity contribution in [2.75, 3.05) is 31.9 Å². The highest BCUT2D eigenvalue weighted by Crippen LogP contribution is 2.32. The van der Waals surface area contributed by atoms with Crippen molar-refractivity contribution < 1.29 is 9.59 Å². The largest absolute Gasteiger partial charge is 0.339 e. The summed E-state index contributed by atoms with van der Waals surface area (Å²) in [6.45, 7) is 2.98. The molecule has 1 aliphatic heterocycles. The predicted octanol–water partition coefficient (Wildman–Crippen LogP) is 3.82. The van der Waals surface area contributed by atoms with Gasteiger partial charge in [0.25, 0.3) is 0 Å². The van der Waals surface area contributed by atoms with Crippen LogP contribution in [0.3, 0.4) is 0 Å². The molecule has 2 amide bonds. The Bertz CT molecular complexity index is 1170. The maximum atomic E-state index is 12.9. The molecule has 2 aromatic carbocycles. The van der Waals surface area contributed by atoms with Gasteiger partial charge in [0.15, 0.2) is 11.0 Å². The minimum absolute atomic E-state index is 0.0528. The van der Waals surface area contributed by atoms with Crippen molar-refractivity contribution in [3.63, 3.8) is 0 Å². The lowest BCUT2D eigenvalue weighted by Crippen LogP contribution is -2.51. The van der Waals surface area contributed by atoms with Crippen molar-refractivity contribution >= 4 is 35.2 Å². The van der Waals surface area contributed by atoms with Gasteiger partial charge in [-0.25, -0.2) is 0 Å². The van der Waals surface area contributed by atoms with Crippen molar-refractivity contribution in [1.82, 2.24) is 24.6 Å². The summed E-state index contributed by atoms with van der Waals surface area (Å²) in [5.41, 5.74) is 1.92. The van der Waals surface area contributed by atoms with Crippen molar-refractivity contribution in [3.8, 4) is 11.4 Å². The predicted molar refractivity (Wildman–Crippen MR) is 133 cm³/mol. The Morgan fingerprint density at radius 1 is 0.912 bits per heavy atom. The van der Waals surface area contributed by atoms with Gasteiger partial charge in [-0.15, -0.1) is 10.2 Å². The highest BCUT2D eigenvalue weighted by atomic mass is 35.5. The number of thioether (sulfide) groups is 1. The topological polar surface area (TPSA) is 71.3 Å². The molecule has 1 saturated carbocycles. The van der Waals surface area contributed by atoms with Gasteiger partial charge in [0.2, 0.25) is 11.8 Å². The van der Waals surface area contributed by atoms with E-state index in [0.29, 0.717) is 48.7 Å². The lowest BCUT2D eigenvalue weighted by Gasteiger charge is -2.34. The third-order valence-electron chi connectivity index (χ3n) is 6.21. The van der Waals surface area contributed by atoms with Gasteiger partial charge in [-0.2, -0.15) is 0 Å². The standard InChI is InChI=1S/C25H26ClN5O2S/c26-21-9-5-4-8-20(21)23-27-28-25(31(23)16-18-6-2-1-3-7-18)34-17-22(32)29-12-14-30(15-13-29)24(33)19-10-11-19/h1-9,19H,10-17H2. The van der Waals surface area contributed by atoms with Gasteiger partial charge in [0.05, 0.1) is 17.3 Å². The summed E-state index contributed by atoms with van der Waals surface area (Å²) in [7, 11) is 0. The SMILES string of the molecule is O=C(CSc1nnc(-c2ccccc2Cl)n1Cc1ccccc1)N1CCN(C(=O)C2CC2)CC1. The molecule has 0 radical (unpaired) electrons. The summed E-state index contributed by atoms with van der Waals surface area (Å²) < 4.78 is 2.01. The van der Waals surface area contributed by atoms with Crippen LogP contribution in [-0.4, -0.2) is 68.3 Å². The minimum Gasteiger partial charge on any atom is -0.339 e. The van der Waals surface area contributed by atoms with Crippen LogP contribution in [0.25, 0.3) is 11.4 Å². The van der Waals surface area contributed by atoms with Crippen molar-refractivity contribution in [3.05, 3.63) is 65.2 Å². The molecule has 0 spiro atoms. The number of halogens is 1. The summed E-state index contributed by atoms with van der Waals surface area (Å²) in [5.74, 6) is 1.48. The minimum atomic E-state index is 0.0528. The summed E-state index contributed by atoms with van der Waals surface area (Å²) in [5, 5.41) is 10.1. The van der Waals surface area contributed by atoms with E-state index in [1.54, 1.807) is 0 Å². The van der Waals surface area contributed by atoms with Gasteiger partial charge in [-0.05, 0) is 30.5 Å². The average molecular weight is 496 g/mol. The van der Waals surface area contributed by atoms with E-state index in [4.69, 9.17) is 11.6 Å². The number of carbonyl (C=O) groups is 2. The quantitative estimate of drug-likeness (QED) is 0.466. The summed E-state index contributed by atoms with van der Waals surface area (Å²) >= 11 is 7.84. The summed E-state index contributed by atoms with van der Waals surface area (Å²) in [4.78, 5) is 28.9. The second kappa shape index (κ2) is 10.2. The molecule has 176 valence electrons. The Balaban J connectivity index is 1.28. The third-order valence-corrected chi connectivity index (χ3v) is 7.49. The summed E-state index contributed by atoms with van der Waals surface area (Å²) in [6.07, 6.45) is 2.02. The molecule has 1 saturated heterocycles. The van der Waals surface area contributed by atoms with Crippen LogP contribution < -0.4 is 0 Å². The Morgan fingerprint density at radius 2 is 1.59 bits per heavy atom. The molecule has 2 fully saturated rings. The zero-order valence-electron chi connectivity index (χ0n) is 18.8. The molecule has 1 aromatic heterocycles. The van der Waals surface area contributed by atoms with Crippen LogP contribution in [0.5, 0.6) is 0 Å². The number of rotatable bonds is 7. The van der Waals surface area contributed by atoms with E-state index in [1.165, 1.54) is 11.8 Å². The second-order valence-corrected chi connectivity index (χ2v) is 9.98. The molecule has 1 aliphatic carbocycles. The number of benzene rings is 2. The smallest absolute Gasteiger partial charge is 0.233 e. The molecule has 3 aromatic rings. The van der Waals surface area contributed by atoms with E-state index in [2.05, 4.69) is 22.3 Å². The maximum Gasteiger partial charge on any atom is 0.233 e. The van der Waals surface area contributed by atoms with Crippen molar-refractivity contribution in [1.29, 1.82) is 0 Å². The number of carbonyl (C=O) groups excluding carboxylic acids is 2. The molecule has 2 heterocycles. The fraction of sp³-hybridized carbons (Fsp3) is 0.360. The van der Waals surface area contributed by atoms with E-state index in [1.807, 2.05) is 56.8 Å². The normalized spacial score (nSPS) is 16.0. The van der Waals surface area contributed by atoms with Gasteiger partial charge in [-0.1, -0.05) is 65.8 Å². The first-order valence-electron chi connectivity index (χ1n) is 11.5. The van der Waals surface area contributed by atoms with Gasteiger partial charge in [0.1, 0.15) is 0 Å². The summed E-state index contributed by atoms with van der Waals surface area (Å²) in [6, 6.07) is 17.7. The van der Waals surface area contributed by atoms with E-state index >= 15 is 0 Å². The molecule has 0 bridgehead atoms. The lowest BCUT2D eigenvalue weighted by molar-refractivity contribution is -0.139. The number of nitrogens with zero attached hydrogens (tertiary/aromatic N) is 5. The van der Waals surface area contributed by atoms with Crippen LogP contribution in [0.1, 0.15) is 18.4 Å². The Hall–Kier alpha value is -2.84. The Morgan fingerprint density at radius 3 is 2.29 bits per heavy atom. The molecular formula is C25H26ClN5O2S. The van der Waals surface area contributed by atoms with E-state index in [-0.39, 0.29) is 23.5 Å². The number of hydrogen-bond acceptors (Lipinski definition) is 5. The highest BCUT2D eigenvalue weighted by molar-refractivity contribution is 7.99. The number of hydrogen-bond donors (Lipinski definition) is 0. The molecule has 7 nitrogen and oxygen atoms in total. The molecule has 2 aliphatic rings. The number of piperazine rings is 1. The molecule has 0 atom stereocenters. The van der Waals surface area contributed by atoms with E-state index in [0.717, 1.165) is 24.0 Å². The Kier molecular flexibility index (Phi) is 6.87. The highest BCUT2D eigenvalue weighted by Gasteiger charge is 2.35. The molecule has 34 heavy (non-hydrogen) atoms. The molecule has 0 N–H and O–H groups in total. The monoisotopic (exact) mass is 495 g/mol. The number of aromatic nitrogens is 3. The number of amides is 2. The molecule has 5 rings (SSSR count). The maximum absolute atomic E-state index is 12.9. The van der Waals surface area contributed by atoms with Crippen LogP contribution in [-0.2, 0) is 16.1 Å². The zero-order chi connectivity index (χ0) is 23.5. The fourth-order valence-electron chi connectivity index (χ4n) is 4.13. The van der Waals surface area contributed by atoms with Crippen molar-refractivity contribution in [2.24, 2.45) is 5.92 Å². The first kappa shape index (κ1) is 22.9. The second-order valence-electron chi connectivity index (χ2n) is 8.63. The zero-order valence-corrected chi connectivity index (χ0v) is 20.3. The third kappa shape index (κ3) is 5.13.